The molecule has 21 heavy (non-hydrogen) atoms. The van der Waals surface area contributed by atoms with Gasteiger partial charge in [0.15, 0.2) is 0 Å². The Labute approximate surface area is 131 Å². The molecule has 0 unspecified atom stereocenters. The number of nitrogens with zero attached hydrogens (tertiary/aromatic N) is 2. The average molecular weight is 321 g/mol. The molecule has 0 aliphatic carbocycles. The minimum Gasteiger partial charge on any atom is -0.345 e. The zero-order valence-electron chi connectivity index (χ0n) is 12.8. The summed E-state index contributed by atoms with van der Waals surface area (Å²) in [4.78, 5) is 37.4. The van der Waals surface area contributed by atoms with Crippen LogP contribution in [0.15, 0.2) is 0 Å². The zero-order valence-corrected chi connectivity index (χ0v) is 13.7. The second kappa shape index (κ2) is 8.19. The highest BCUT2D eigenvalue weighted by atomic mass is 35.5. The highest BCUT2D eigenvalue weighted by molar-refractivity contribution is 6.01. The van der Waals surface area contributed by atoms with Crippen LogP contribution in [0.1, 0.15) is 26.7 Å². The van der Waals surface area contributed by atoms with E-state index in [1.165, 1.54) is 0 Å². The van der Waals surface area contributed by atoms with Gasteiger partial charge in [0, 0.05) is 26.6 Å². The van der Waals surface area contributed by atoms with E-state index >= 15 is 0 Å². The molecule has 1 saturated heterocycles. The van der Waals surface area contributed by atoms with E-state index in [1.54, 1.807) is 11.9 Å². The summed E-state index contributed by atoms with van der Waals surface area (Å²) in [6.07, 6.45) is 0.791. The number of urea groups is 1. The van der Waals surface area contributed by atoms with Gasteiger partial charge in [0.05, 0.1) is 6.54 Å². The zero-order chi connectivity index (χ0) is 15.3. The van der Waals surface area contributed by atoms with E-state index in [2.05, 4.69) is 5.32 Å². The third-order valence-corrected chi connectivity index (χ3v) is 3.35. The number of amides is 4. The lowest BCUT2D eigenvalue weighted by Gasteiger charge is -2.29. The lowest BCUT2D eigenvalue weighted by atomic mass is 9.93. The van der Waals surface area contributed by atoms with Gasteiger partial charge in [-0.2, -0.15) is 0 Å². The fraction of sp³-hybridized carbons (Fsp3) is 0.769. The Kier molecular flexibility index (Phi) is 7.67. The third-order valence-electron chi connectivity index (χ3n) is 3.35. The monoisotopic (exact) mass is 320 g/mol. The van der Waals surface area contributed by atoms with Crippen LogP contribution in [0.4, 0.5) is 4.79 Å². The van der Waals surface area contributed by atoms with Crippen LogP contribution in [0.5, 0.6) is 0 Å². The molecule has 0 aromatic rings. The van der Waals surface area contributed by atoms with Crippen molar-refractivity contribution in [3.05, 3.63) is 0 Å². The number of halogens is 1. The van der Waals surface area contributed by atoms with Crippen molar-refractivity contribution in [3.63, 3.8) is 0 Å². The first-order valence-electron chi connectivity index (χ1n) is 6.79. The number of nitrogens with one attached hydrogen (secondary N) is 1. The van der Waals surface area contributed by atoms with Crippen LogP contribution in [0.25, 0.3) is 0 Å². The van der Waals surface area contributed by atoms with Crippen molar-refractivity contribution < 1.29 is 14.4 Å². The number of hydrogen-bond acceptors (Lipinski definition) is 4. The minimum atomic E-state index is -0.375. The maximum atomic E-state index is 12.0. The Morgan fingerprint density at radius 2 is 2.05 bits per heavy atom. The van der Waals surface area contributed by atoms with Gasteiger partial charge in [0.1, 0.15) is 0 Å². The normalized spacial score (nSPS) is 14.8. The molecule has 4 amide bonds. The van der Waals surface area contributed by atoms with Gasteiger partial charge in [-0.15, -0.1) is 12.4 Å². The molecular weight excluding hydrogens is 296 g/mol. The first-order valence-corrected chi connectivity index (χ1v) is 6.79. The predicted octanol–water partition coefficient (Wildman–Crippen LogP) is 0.184. The Balaban J connectivity index is 0.00000400. The summed E-state index contributed by atoms with van der Waals surface area (Å²) in [6.45, 7) is 5.44. The largest absolute Gasteiger partial charge is 0.345 e. The molecule has 0 saturated carbocycles. The van der Waals surface area contributed by atoms with Crippen molar-refractivity contribution in [2.45, 2.75) is 26.7 Å². The van der Waals surface area contributed by atoms with E-state index in [4.69, 9.17) is 5.73 Å². The van der Waals surface area contributed by atoms with Crippen molar-refractivity contribution in [3.8, 4) is 0 Å². The van der Waals surface area contributed by atoms with Gasteiger partial charge in [0.2, 0.25) is 11.8 Å². The van der Waals surface area contributed by atoms with Crippen molar-refractivity contribution in [1.29, 1.82) is 0 Å². The molecule has 1 heterocycles. The third kappa shape index (κ3) is 5.89. The molecule has 0 bridgehead atoms. The molecule has 8 heteroatoms. The first kappa shape index (κ1) is 19.7. The van der Waals surface area contributed by atoms with E-state index in [9.17, 15) is 14.4 Å². The second-order valence-electron chi connectivity index (χ2n) is 5.93. The molecular formula is C13H25ClN4O3. The highest BCUT2D eigenvalue weighted by Gasteiger charge is 2.28. The molecule has 0 spiro atoms. The Hall–Kier alpha value is -1.34. The van der Waals surface area contributed by atoms with Crippen LogP contribution in [-0.4, -0.2) is 60.9 Å². The average Bonchev–Trinajstić information content (AvgIpc) is 2.69. The van der Waals surface area contributed by atoms with Crippen molar-refractivity contribution in [1.82, 2.24) is 15.1 Å². The summed E-state index contributed by atoms with van der Waals surface area (Å²) < 4.78 is 0. The molecule has 7 nitrogen and oxygen atoms in total. The topological polar surface area (TPSA) is 95.7 Å². The summed E-state index contributed by atoms with van der Waals surface area (Å²) >= 11 is 0. The van der Waals surface area contributed by atoms with E-state index in [1.807, 2.05) is 13.8 Å². The lowest BCUT2D eigenvalue weighted by Crippen LogP contribution is -2.40. The van der Waals surface area contributed by atoms with Crippen molar-refractivity contribution in [2.24, 2.45) is 11.1 Å². The SMILES string of the molecule is CN(CC(C)(C)CN)C(=O)CCCN1C(=O)CNC1=O.Cl. The van der Waals surface area contributed by atoms with Crippen LogP contribution in [-0.2, 0) is 9.59 Å². The second-order valence-corrected chi connectivity index (χ2v) is 5.93. The lowest BCUT2D eigenvalue weighted by molar-refractivity contribution is -0.132. The number of hydrogen-bond donors (Lipinski definition) is 2. The van der Waals surface area contributed by atoms with Gasteiger partial charge in [0.25, 0.3) is 0 Å². The summed E-state index contributed by atoms with van der Waals surface area (Å²) in [7, 11) is 1.74. The molecule has 1 rings (SSSR count). The molecule has 3 N–H and O–H groups in total. The quantitative estimate of drug-likeness (QED) is 0.654. The number of imide groups is 1. The smallest absolute Gasteiger partial charge is 0.324 e. The molecule has 0 aromatic heterocycles. The van der Waals surface area contributed by atoms with Crippen molar-refractivity contribution in [2.75, 3.05) is 33.2 Å². The maximum absolute atomic E-state index is 12.0. The van der Waals surface area contributed by atoms with Gasteiger partial charge in [-0.05, 0) is 18.4 Å². The first-order chi connectivity index (χ1) is 9.26. The molecule has 0 aromatic carbocycles. The summed E-state index contributed by atoms with van der Waals surface area (Å²) in [6, 6.07) is -0.375. The minimum absolute atomic E-state index is 0. The van der Waals surface area contributed by atoms with E-state index in [0.29, 0.717) is 25.9 Å². The number of carbonyl (C=O) groups excluding carboxylic acids is 3. The predicted molar refractivity (Wildman–Crippen MR) is 82.1 cm³/mol. The standard InChI is InChI=1S/C13H24N4O3.ClH/c1-13(2,8-14)9-16(3)10(18)5-4-6-17-11(19)7-15-12(17)20;/h4-9,14H2,1-3H3,(H,15,20);1H. The molecule has 0 atom stereocenters. The van der Waals surface area contributed by atoms with Gasteiger partial charge in [-0.25, -0.2) is 4.79 Å². The Morgan fingerprint density at radius 3 is 2.52 bits per heavy atom. The summed E-state index contributed by atoms with van der Waals surface area (Å²) in [5, 5.41) is 2.45. The molecule has 1 fully saturated rings. The number of nitrogens with two attached hydrogens (primary N) is 1. The van der Waals surface area contributed by atoms with Crippen LogP contribution in [0, 0.1) is 5.41 Å². The van der Waals surface area contributed by atoms with Crippen LogP contribution in [0.3, 0.4) is 0 Å². The molecule has 1 aliphatic rings. The van der Waals surface area contributed by atoms with Crippen molar-refractivity contribution >= 4 is 30.3 Å². The Bertz CT molecular complexity index is 385. The van der Waals surface area contributed by atoms with E-state index < -0.39 is 0 Å². The summed E-state index contributed by atoms with van der Waals surface area (Å²) in [5.41, 5.74) is 5.53. The van der Waals surface area contributed by atoms with Crippen LogP contribution in [0.2, 0.25) is 0 Å². The fourth-order valence-electron chi connectivity index (χ4n) is 2.06. The van der Waals surface area contributed by atoms with Gasteiger partial charge in [-0.1, -0.05) is 13.8 Å². The van der Waals surface area contributed by atoms with Gasteiger partial charge in [-0.3, -0.25) is 14.5 Å². The van der Waals surface area contributed by atoms with Crippen LogP contribution >= 0.6 is 12.4 Å². The van der Waals surface area contributed by atoms with E-state index in [-0.39, 0.29) is 48.8 Å². The molecule has 0 radical (unpaired) electrons. The van der Waals surface area contributed by atoms with Gasteiger partial charge < -0.3 is 16.0 Å². The maximum Gasteiger partial charge on any atom is 0.324 e. The van der Waals surface area contributed by atoms with E-state index in [0.717, 1.165) is 4.90 Å². The Morgan fingerprint density at radius 1 is 1.43 bits per heavy atom. The molecule has 1 aliphatic heterocycles. The fourth-order valence-corrected chi connectivity index (χ4v) is 2.06. The highest BCUT2D eigenvalue weighted by Crippen LogP contribution is 2.14. The summed E-state index contributed by atoms with van der Waals surface area (Å²) in [5.74, 6) is -0.237. The molecule has 122 valence electrons. The number of carbonyl (C=O) groups is 3. The van der Waals surface area contributed by atoms with Crippen LogP contribution < -0.4 is 11.1 Å². The number of rotatable bonds is 7. The van der Waals surface area contributed by atoms with Gasteiger partial charge >= 0.3 is 6.03 Å².